The van der Waals surface area contributed by atoms with Gasteiger partial charge in [-0.1, -0.05) is 23.7 Å². The molecule has 0 radical (unpaired) electrons. The number of nitrogens with one attached hydrogen (secondary N) is 2. The first-order valence-corrected chi connectivity index (χ1v) is 11.0. The van der Waals surface area contributed by atoms with Gasteiger partial charge in [0.1, 0.15) is 0 Å². The number of carbonyl (C=O) groups excluding carboxylic acids is 2. The van der Waals surface area contributed by atoms with Crippen molar-refractivity contribution in [1.29, 1.82) is 0 Å². The van der Waals surface area contributed by atoms with Crippen molar-refractivity contribution in [2.45, 2.75) is 26.3 Å². The Kier molecular flexibility index (Phi) is 6.60. The second-order valence-corrected chi connectivity index (χ2v) is 10.0. The monoisotopic (exact) mass is 437 g/mol. The van der Waals surface area contributed by atoms with Crippen LogP contribution in [0.1, 0.15) is 41.5 Å². The minimum atomic E-state index is -3.50. The number of hydrogen-bond donors (Lipinski definition) is 2. The molecule has 0 saturated carbocycles. The summed E-state index contributed by atoms with van der Waals surface area (Å²) in [6.07, 6.45) is 1.06. The van der Waals surface area contributed by atoms with E-state index in [1.807, 2.05) is 20.8 Å². The van der Waals surface area contributed by atoms with Crippen molar-refractivity contribution in [3.8, 4) is 0 Å². The van der Waals surface area contributed by atoms with E-state index in [0.717, 1.165) is 10.6 Å². The van der Waals surface area contributed by atoms with Gasteiger partial charge < -0.3 is 10.6 Å². The minimum absolute atomic E-state index is 0.0886. The number of carbonyl (C=O) groups is 2. The molecule has 0 aliphatic carbocycles. The highest BCUT2D eigenvalue weighted by Crippen LogP contribution is 2.26. The van der Waals surface area contributed by atoms with Crippen molar-refractivity contribution in [2.75, 3.05) is 22.9 Å². The van der Waals surface area contributed by atoms with Crippen molar-refractivity contribution in [3.05, 3.63) is 58.6 Å². The van der Waals surface area contributed by atoms with Gasteiger partial charge in [0, 0.05) is 12.6 Å². The Morgan fingerprint density at radius 3 is 2.21 bits per heavy atom. The third-order valence-corrected chi connectivity index (χ3v) is 5.50. The van der Waals surface area contributed by atoms with Gasteiger partial charge in [-0.05, 0) is 51.1 Å². The van der Waals surface area contributed by atoms with Gasteiger partial charge >= 0.3 is 0 Å². The molecule has 0 saturated heterocycles. The van der Waals surface area contributed by atoms with E-state index in [1.54, 1.807) is 24.3 Å². The zero-order chi connectivity index (χ0) is 22.0. The molecule has 0 aliphatic rings. The average molecular weight is 438 g/mol. The summed E-state index contributed by atoms with van der Waals surface area (Å²) in [7, 11) is -2.12. The molecule has 0 unspecified atom stereocenters. The van der Waals surface area contributed by atoms with E-state index in [9.17, 15) is 18.0 Å². The molecule has 2 aromatic carbocycles. The maximum Gasteiger partial charge on any atom is 0.257 e. The van der Waals surface area contributed by atoms with Gasteiger partial charge in [-0.25, -0.2) is 8.42 Å². The highest BCUT2D eigenvalue weighted by atomic mass is 35.5. The van der Waals surface area contributed by atoms with Crippen LogP contribution >= 0.6 is 11.6 Å². The molecule has 9 heteroatoms. The Hall–Kier alpha value is -2.58. The highest BCUT2D eigenvalue weighted by molar-refractivity contribution is 7.92. The van der Waals surface area contributed by atoms with Crippen LogP contribution in [-0.4, -0.2) is 39.1 Å². The molecular weight excluding hydrogens is 414 g/mol. The number of halogens is 1. The van der Waals surface area contributed by atoms with Gasteiger partial charge in [-0.2, -0.15) is 0 Å². The van der Waals surface area contributed by atoms with Crippen molar-refractivity contribution in [1.82, 2.24) is 5.32 Å². The lowest BCUT2D eigenvalue weighted by Crippen LogP contribution is -2.40. The topological polar surface area (TPSA) is 95.6 Å². The molecule has 7 nitrogen and oxygen atoms in total. The Labute approximate surface area is 176 Å². The lowest BCUT2D eigenvalue weighted by Gasteiger charge is -2.21. The fourth-order valence-corrected chi connectivity index (χ4v) is 3.16. The zero-order valence-corrected chi connectivity index (χ0v) is 18.5. The summed E-state index contributed by atoms with van der Waals surface area (Å²) in [6, 6.07) is 10.9. The summed E-state index contributed by atoms with van der Waals surface area (Å²) in [5.74, 6) is -0.889. The Morgan fingerprint density at radius 1 is 1.00 bits per heavy atom. The Bertz CT molecular complexity index is 1050. The largest absolute Gasteiger partial charge is 0.347 e. The van der Waals surface area contributed by atoms with Gasteiger partial charge in [0.05, 0.1) is 33.8 Å². The highest BCUT2D eigenvalue weighted by Gasteiger charge is 2.21. The van der Waals surface area contributed by atoms with Crippen LogP contribution in [0.3, 0.4) is 0 Å². The number of anilines is 2. The summed E-state index contributed by atoms with van der Waals surface area (Å²) in [5.41, 5.74) is 0.558. The third kappa shape index (κ3) is 5.95. The van der Waals surface area contributed by atoms with Gasteiger partial charge in [0.15, 0.2) is 0 Å². The van der Waals surface area contributed by atoms with Gasteiger partial charge in [0.2, 0.25) is 10.0 Å². The quantitative estimate of drug-likeness (QED) is 0.748. The summed E-state index contributed by atoms with van der Waals surface area (Å²) in [6.45, 7) is 5.57. The lowest BCUT2D eigenvalue weighted by molar-refractivity contribution is 0.0920. The number of amides is 2. The first kappa shape index (κ1) is 22.7. The molecule has 0 fully saturated rings. The Balaban J connectivity index is 2.36. The molecule has 0 heterocycles. The van der Waals surface area contributed by atoms with Crippen molar-refractivity contribution in [2.24, 2.45) is 0 Å². The van der Waals surface area contributed by atoms with E-state index in [2.05, 4.69) is 10.6 Å². The van der Waals surface area contributed by atoms with E-state index in [4.69, 9.17) is 11.6 Å². The molecule has 2 amide bonds. The number of hydrogen-bond acceptors (Lipinski definition) is 4. The van der Waals surface area contributed by atoms with Gasteiger partial charge in [-0.3, -0.25) is 13.9 Å². The van der Waals surface area contributed by atoms with Crippen LogP contribution in [0, 0.1) is 0 Å². The second-order valence-electron chi connectivity index (χ2n) is 7.60. The predicted octanol–water partition coefficient (Wildman–Crippen LogP) is 3.52. The van der Waals surface area contributed by atoms with E-state index < -0.39 is 21.5 Å². The summed E-state index contributed by atoms with van der Waals surface area (Å²) in [5, 5.41) is 5.70. The number of rotatable bonds is 5. The standard InChI is InChI=1S/C20H24ClN3O4S/c1-20(2,3)23-19(26)14-8-6-7-9-17(14)22-18(25)15-12-13(10-11-16(15)21)24(4)29(5,27)28/h6-12H,1-5H3,(H,22,25)(H,23,26). The maximum atomic E-state index is 12.8. The van der Waals surface area contributed by atoms with E-state index in [0.29, 0.717) is 16.9 Å². The van der Waals surface area contributed by atoms with E-state index >= 15 is 0 Å². The van der Waals surface area contributed by atoms with E-state index in [1.165, 1.54) is 25.2 Å². The van der Waals surface area contributed by atoms with E-state index in [-0.39, 0.29) is 16.5 Å². The molecule has 0 aromatic heterocycles. The molecule has 29 heavy (non-hydrogen) atoms. The smallest absolute Gasteiger partial charge is 0.257 e. The summed E-state index contributed by atoms with van der Waals surface area (Å²) < 4.78 is 24.6. The van der Waals surface area contributed by atoms with Crippen molar-refractivity contribution < 1.29 is 18.0 Å². The molecule has 0 spiro atoms. The third-order valence-electron chi connectivity index (χ3n) is 3.96. The molecule has 2 rings (SSSR count). The Morgan fingerprint density at radius 2 is 1.62 bits per heavy atom. The number of para-hydroxylation sites is 1. The molecule has 0 atom stereocenters. The lowest BCUT2D eigenvalue weighted by atomic mass is 10.1. The van der Waals surface area contributed by atoms with Crippen LogP contribution in [0.25, 0.3) is 0 Å². The van der Waals surface area contributed by atoms with Crippen molar-refractivity contribution in [3.63, 3.8) is 0 Å². The molecular formula is C20H24ClN3O4S. The number of benzene rings is 2. The normalized spacial score (nSPS) is 11.7. The first-order chi connectivity index (χ1) is 13.3. The molecule has 0 aliphatic heterocycles. The van der Waals surface area contributed by atoms with Crippen LogP contribution in [0.15, 0.2) is 42.5 Å². The molecule has 156 valence electrons. The first-order valence-electron chi connectivity index (χ1n) is 8.76. The fraction of sp³-hybridized carbons (Fsp3) is 0.300. The molecule has 2 N–H and O–H groups in total. The van der Waals surface area contributed by atoms with Crippen LogP contribution in [-0.2, 0) is 10.0 Å². The second kappa shape index (κ2) is 8.42. The van der Waals surface area contributed by atoms with Crippen LogP contribution < -0.4 is 14.9 Å². The SMILES string of the molecule is CN(c1ccc(Cl)c(C(=O)Nc2ccccc2C(=O)NC(C)(C)C)c1)S(C)(=O)=O. The summed E-state index contributed by atoms with van der Waals surface area (Å²) >= 11 is 6.16. The number of sulfonamides is 1. The molecule has 0 bridgehead atoms. The van der Waals surface area contributed by atoms with Gasteiger partial charge in [0.25, 0.3) is 11.8 Å². The predicted molar refractivity (Wildman–Crippen MR) is 116 cm³/mol. The maximum absolute atomic E-state index is 12.8. The fourth-order valence-electron chi connectivity index (χ4n) is 2.46. The number of nitrogens with zero attached hydrogens (tertiary/aromatic N) is 1. The molecule has 2 aromatic rings. The average Bonchev–Trinajstić information content (AvgIpc) is 2.59. The van der Waals surface area contributed by atoms with Crippen LogP contribution in [0.2, 0.25) is 5.02 Å². The van der Waals surface area contributed by atoms with Crippen LogP contribution in [0.4, 0.5) is 11.4 Å². The summed E-state index contributed by atoms with van der Waals surface area (Å²) in [4.78, 5) is 25.4. The van der Waals surface area contributed by atoms with Crippen LogP contribution in [0.5, 0.6) is 0 Å². The van der Waals surface area contributed by atoms with Crippen molar-refractivity contribution >= 4 is 44.8 Å². The zero-order valence-electron chi connectivity index (χ0n) is 16.9. The minimum Gasteiger partial charge on any atom is -0.347 e. The van der Waals surface area contributed by atoms with Gasteiger partial charge in [-0.15, -0.1) is 0 Å².